The molecule has 1 aromatic heterocycles. The molecule has 5 nitrogen and oxygen atoms in total. The molecule has 0 spiro atoms. The summed E-state index contributed by atoms with van der Waals surface area (Å²) in [4.78, 5) is 16.2. The number of pyridine rings is 1. The Bertz CT molecular complexity index is 656. The Morgan fingerprint density at radius 1 is 1.33 bits per heavy atom. The number of benzene rings is 1. The van der Waals surface area contributed by atoms with Crippen LogP contribution in [0.3, 0.4) is 0 Å². The smallest absolute Gasteiger partial charge is 0.262 e. The van der Waals surface area contributed by atoms with Crippen LogP contribution in [0.2, 0.25) is 0 Å². The molecule has 0 saturated heterocycles. The summed E-state index contributed by atoms with van der Waals surface area (Å²) in [5, 5.41) is 2.70. The van der Waals surface area contributed by atoms with Gasteiger partial charge in [0.05, 0.1) is 17.4 Å². The van der Waals surface area contributed by atoms with Crippen LogP contribution in [-0.4, -0.2) is 22.5 Å². The first-order valence-corrected chi connectivity index (χ1v) is 6.71. The molecule has 0 bridgehead atoms. The fourth-order valence-electron chi connectivity index (χ4n) is 1.68. The highest BCUT2D eigenvalue weighted by atomic mass is 32.1. The molecule has 1 aromatic carbocycles. The van der Waals surface area contributed by atoms with E-state index in [1.165, 1.54) is 0 Å². The summed E-state index contributed by atoms with van der Waals surface area (Å²) in [5.74, 6) is 0.209. The summed E-state index contributed by atoms with van der Waals surface area (Å²) in [6, 6.07) is 10.7. The zero-order chi connectivity index (χ0) is 15.2. The summed E-state index contributed by atoms with van der Waals surface area (Å²) in [5.41, 5.74) is 7.72. The zero-order valence-electron chi connectivity index (χ0n) is 11.5. The predicted molar refractivity (Wildman–Crippen MR) is 85.4 cm³/mol. The number of carbonyl (C=O) groups is 1. The van der Waals surface area contributed by atoms with Crippen molar-refractivity contribution in [3.8, 4) is 5.75 Å². The monoisotopic (exact) mass is 301 g/mol. The number of carbonyl (C=O) groups excluding carboxylic acids is 1. The number of amides is 1. The molecule has 0 aliphatic heterocycles. The van der Waals surface area contributed by atoms with Crippen LogP contribution in [0.25, 0.3) is 0 Å². The van der Waals surface area contributed by atoms with E-state index in [0.717, 1.165) is 5.69 Å². The van der Waals surface area contributed by atoms with Gasteiger partial charge >= 0.3 is 0 Å². The van der Waals surface area contributed by atoms with Gasteiger partial charge < -0.3 is 15.8 Å². The Balaban J connectivity index is 1.95. The van der Waals surface area contributed by atoms with E-state index < -0.39 is 0 Å². The van der Waals surface area contributed by atoms with Crippen molar-refractivity contribution in [3.05, 3.63) is 53.9 Å². The van der Waals surface area contributed by atoms with E-state index >= 15 is 0 Å². The van der Waals surface area contributed by atoms with E-state index in [0.29, 0.717) is 17.0 Å². The minimum atomic E-state index is -0.279. The number of para-hydroxylation sites is 1. The summed E-state index contributed by atoms with van der Waals surface area (Å²) in [6.45, 7) is 1.74. The highest BCUT2D eigenvalue weighted by molar-refractivity contribution is 7.80. The number of hydrogen-bond acceptors (Lipinski definition) is 4. The SMILES string of the molecule is Cc1ccc(NC(=O)COc2ccccc2C(N)=S)cn1. The number of hydrogen-bond donors (Lipinski definition) is 2. The van der Waals surface area contributed by atoms with E-state index in [9.17, 15) is 4.79 Å². The Labute approximate surface area is 128 Å². The molecule has 0 unspecified atom stereocenters. The third kappa shape index (κ3) is 4.25. The van der Waals surface area contributed by atoms with Crippen LogP contribution in [0.5, 0.6) is 5.75 Å². The van der Waals surface area contributed by atoms with Crippen LogP contribution < -0.4 is 15.8 Å². The van der Waals surface area contributed by atoms with E-state index in [1.807, 2.05) is 13.0 Å². The first kappa shape index (κ1) is 14.9. The Kier molecular flexibility index (Phi) is 4.84. The zero-order valence-corrected chi connectivity index (χ0v) is 12.3. The molecule has 0 aliphatic carbocycles. The van der Waals surface area contributed by atoms with Gasteiger partial charge in [-0.1, -0.05) is 24.4 Å². The van der Waals surface area contributed by atoms with Gasteiger partial charge in [-0.15, -0.1) is 0 Å². The van der Waals surface area contributed by atoms with E-state index in [1.54, 1.807) is 36.5 Å². The number of aryl methyl sites for hydroxylation is 1. The lowest BCUT2D eigenvalue weighted by molar-refractivity contribution is -0.118. The third-order valence-electron chi connectivity index (χ3n) is 2.71. The number of aromatic nitrogens is 1. The van der Waals surface area contributed by atoms with Gasteiger partial charge in [0, 0.05) is 5.69 Å². The largest absolute Gasteiger partial charge is 0.483 e. The highest BCUT2D eigenvalue weighted by Gasteiger charge is 2.08. The summed E-state index contributed by atoms with van der Waals surface area (Å²) in [6.07, 6.45) is 1.59. The lowest BCUT2D eigenvalue weighted by Crippen LogP contribution is -2.21. The number of rotatable bonds is 5. The first-order valence-electron chi connectivity index (χ1n) is 6.30. The average molecular weight is 301 g/mol. The van der Waals surface area contributed by atoms with Gasteiger partial charge in [0.2, 0.25) is 0 Å². The maximum atomic E-state index is 11.8. The molecule has 1 amide bonds. The number of thiocarbonyl (C=S) groups is 1. The van der Waals surface area contributed by atoms with Crippen LogP contribution >= 0.6 is 12.2 Å². The molecule has 0 radical (unpaired) electrons. The normalized spacial score (nSPS) is 9.95. The van der Waals surface area contributed by atoms with Crippen LogP contribution in [0, 0.1) is 6.92 Å². The number of anilines is 1. The lowest BCUT2D eigenvalue weighted by atomic mass is 10.2. The van der Waals surface area contributed by atoms with Gasteiger partial charge in [0.25, 0.3) is 5.91 Å². The fourth-order valence-corrected chi connectivity index (χ4v) is 1.85. The highest BCUT2D eigenvalue weighted by Crippen LogP contribution is 2.17. The van der Waals surface area contributed by atoms with Crippen LogP contribution in [0.15, 0.2) is 42.6 Å². The van der Waals surface area contributed by atoms with Crippen molar-refractivity contribution in [2.75, 3.05) is 11.9 Å². The van der Waals surface area contributed by atoms with E-state index in [2.05, 4.69) is 10.3 Å². The van der Waals surface area contributed by atoms with Crippen LogP contribution in [-0.2, 0) is 4.79 Å². The fraction of sp³-hybridized carbons (Fsp3) is 0.133. The molecule has 0 aliphatic rings. The lowest BCUT2D eigenvalue weighted by Gasteiger charge is -2.10. The molecule has 1 heterocycles. The van der Waals surface area contributed by atoms with Crippen LogP contribution in [0.1, 0.15) is 11.3 Å². The molecule has 0 fully saturated rings. The molecular weight excluding hydrogens is 286 g/mol. The van der Waals surface area contributed by atoms with Gasteiger partial charge in [0.15, 0.2) is 6.61 Å². The summed E-state index contributed by atoms with van der Waals surface area (Å²) >= 11 is 4.94. The second kappa shape index (κ2) is 6.81. The molecule has 108 valence electrons. The van der Waals surface area contributed by atoms with Gasteiger partial charge in [-0.05, 0) is 31.2 Å². The molecule has 6 heteroatoms. The number of ether oxygens (including phenoxy) is 1. The molecule has 21 heavy (non-hydrogen) atoms. The van der Waals surface area contributed by atoms with Crippen LogP contribution in [0.4, 0.5) is 5.69 Å². The van der Waals surface area contributed by atoms with E-state index in [4.69, 9.17) is 22.7 Å². The van der Waals surface area contributed by atoms with Crippen molar-refractivity contribution in [2.24, 2.45) is 5.73 Å². The number of nitrogens with two attached hydrogens (primary N) is 1. The maximum Gasteiger partial charge on any atom is 0.262 e. The van der Waals surface area contributed by atoms with E-state index in [-0.39, 0.29) is 17.5 Å². The minimum absolute atomic E-state index is 0.131. The van der Waals surface area contributed by atoms with Crippen molar-refractivity contribution in [1.29, 1.82) is 0 Å². The average Bonchev–Trinajstić information content (AvgIpc) is 2.48. The molecule has 2 aromatic rings. The number of nitrogens with one attached hydrogen (secondary N) is 1. The van der Waals surface area contributed by atoms with Gasteiger partial charge in [0.1, 0.15) is 10.7 Å². The van der Waals surface area contributed by atoms with Crippen molar-refractivity contribution in [1.82, 2.24) is 4.98 Å². The second-order valence-corrected chi connectivity index (χ2v) is 4.83. The summed E-state index contributed by atoms with van der Waals surface area (Å²) in [7, 11) is 0. The number of nitrogens with zero attached hydrogens (tertiary/aromatic N) is 1. The predicted octanol–water partition coefficient (Wildman–Crippen LogP) is 2.04. The quantitative estimate of drug-likeness (QED) is 0.826. The minimum Gasteiger partial charge on any atom is -0.483 e. The first-order chi connectivity index (χ1) is 10.1. The van der Waals surface area contributed by atoms with Gasteiger partial charge in [-0.3, -0.25) is 9.78 Å². The van der Waals surface area contributed by atoms with Crippen molar-refractivity contribution >= 4 is 28.8 Å². The molecule has 3 N–H and O–H groups in total. The molecular formula is C15H15N3O2S. The molecule has 2 rings (SSSR count). The van der Waals surface area contributed by atoms with Gasteiger partial charge in [-0.2, -0.15) is 0 Å². The topological polar surface area (TPSA) is 77.2 Å². The Morgan fingerprint density at radius 2 is 2.10 bits per heavy atom. The summed E-state index contributed by atoms with van der Waals surface area (Å²) < 4.78 is 5.46. The Morgan fingerprint density at radius 3 is 2.76 bits per heavy atom. The van der Waals surface area contributed by atoms with Gasteiger partial charge in [-0.25, -0.2) is 0 Å². The Hall–Kier alpha value is -2.47. The maximum absolute atomic E-state index is 11.8. The second-order valence-electron chi connectivity index (χ2n) is 4.39. The third-order valence-corrected chi connectivity index (χ3v) is 2.93. The standard InChI is InChI=1S/C15H15N3O2S/c1-10-6-7-11(8-17-10)18-14(19)9-20-13-5-3-2-4-12(13)15(16)21/h2-8H,9H2,1H3,(H2,16,21)(H,18,19). The van der Waals surface area contributed by atoms with Crippen molar-refractivity contribution in [2.45, 2.75) is 6.92 Å². The molecule has 0 atom stereocenters. The van der Waals surface area contributed by atoms with Crippen molar-refractivity contribution in [3.63, 3.8) is 0 Å². The van der Waals surface area contributed by atoms with Crippen molar-refractivity contribution < 1.29 is 9.53 Å². The molecule has 0 saturated carbocycles.